The van der Waals surface area contributed by atoms with E-state index >= 15 is 0 Å². The van der Waals surface area contributed by atoms with Gasteiger partial charge in [-0.1, -0.05) is 29.8 Å². The molecule has 220 valence electrons. The fraction of sp³-hybridized carbons (Fsp3) is 0.310. The Hall–Kier alpha value is -4.03. The van der Waals surface area contributed by atoms with Crippen LogP contribution in [0.15, 0.2) is 60.8 Å². The molecule has 0 bridgehead atoms. The van der Waals surface area contributed by atoms with Crippen LogP contribution in [-0.4, -0.2) is 51.9 Å². The number of aliphatic hydroxyl groups is 1. The van der Waals surface area contributed by atoms with Gasteiger partial charge in [0, 0.05) is 48.2 Å². The summed E-state index contributed by atoms with van der Waals surface area (Å²) in [6, 6.07) is 7.18. The van der Waals surface area contributed by atoms with E-state index in [1.807, 2.05) is 0 Å². The van der Waals surface area contributed by atoms with Gasteiger partial charge in [-0.05, 0) is 42.8 Å². The summed E-state index contributed by atoms with van der Waals surface area (Å²) in [6.07, 6.45) is -1.90. The first-order chi connectivity index (χ1) is 19.8. The highest BCUT2D eigenvalue weighted by molar-refractivity contribution is 6.31. The van der Waals surface area contributed by atoms with E-state index < -0.39 is 84.5 Å². The fourth-order valence-corrected chi connectivity index (χ4v) is 5.49. The molecule has 3 atom stereocenters. The molecule has 5 rings (SSSR count). The minimum absolute atomic E-state index is 0.00556. The molecule has 1 saturated heterocycles. The molecule has 3 aromatic rings. The normalized spacial score (nSPS) is 20.6. The Balaban J connectivity index is 1.65. The van der Waals surface area contributed by atoms with E-state index in [-0.39, 0.29) is 16.4 Å². The maximum absolute atomic E-state index is 14.5. The number of nitrogens with zero attached hydrogens (tertiary/aromatic N) is 3. The molecule has 0 spiro atoms. The Kier molecular flexibility index (Phi) is 7.95. The lowest BCUT2D eigenvalue weighted by molar-refractivity contribution is -0.133. The number of aliphatic hydroxyl groups excluding tert-OH is 1. The number of nitrogens with one attached hydrogen (secondary N) is 1. The highest BCUT2D eigenvalue weighted by atomic mass is 35.5. The van der Waals surface area contributed by atoms with Gasteiger partial charge in [0.15, 0.2) is 0 Å². The number of anilines is 2. The van der Waals surface area contributed by atoms with Gasteiger partial charge in [0.1, 0.15) is 35.6 Å². The predicted octanol–water partition coefficient (Wildman–Crippen LogP) is 4.48. The second-order valence-corrected chi connectivity index (χ2v) is 10.8. The van der Waals surface area contributed by atoms with Crippen molar-refractivity contribution in [3.8, 4) is 0 Å². The molecule has 1 aliphatic heterocycles. The number of hydrogen-bond donors (Lipinski definition) is 2. The molecule has 13 heteroatoms. The number of alkyl halides is 2. The van der Waals surface area contributed by atoms with Crippen LogP contribution >= 0.6 is 11.6 Å². The zero-order valence-electron chi connectivity index (χ0n) is 22.1. The number of hydrogen-bond acceptors (Lipinski definition) is 5. The molecular formula is C29H25ClF4N4O4. The van der Waals surface area contributed by atoms with E-state index in [1.54, 1.807) is 19.1 Å². The van der Waals surface area contributed by atoms with Crippen LogP contribution in [0.3, 0.4) is 0 Å². The van der Waals surface area contributed by atoms with Crippen molar-refractivity contribution in [1.29, 1.82) is 0 Å². The Bertz CT molecular complexity index is 1530. The van der Waals surface area contributed by atoms with Gasteiger partial charge in [0.05, 0.1) is 5.69 Å². The van der Waals surface area contributed by atoms with Crippen molar-refractivity contribution in [2.45, 2.75) is 56.3 Å². The van der Waals surface area contributed by atoms with Gasteiger partial charge in [-0.2, -0.15) is 0 Å². The molecule has 2 N–H and O–H groups in total. The monoisotopic (exact) mass is 604 g/mol. The second-order valence-electron chi connectivity index (χ2n) is 10.4. The molecule has 2 fully saturated rings. The summed E-state index contributed by atoms with van der Waals surface area (Å²) < 4.78 is 56.3. The summed E-state index contributed by atoms with van der Waals surface area (Å²) in [4.78, 5) is 47.2. The molecule has 2 heterocycles. The zero-order valence-corrected chi connectivity index (χ0v) is 22.9. The largest absolute Gasteiger partial charge is 0.383 e. The molecule has 42 heavy (non-hydrogen) atoms. The van der Waals surface area contributed by atoms with Crippen LogP contribution in [-0.2, 0) is 14.4 Å². The van der Waals surface area contributed by atoms with Crippen molar-refractivity contribution in [3.63, 3.8) is 0 Å². The molecule has 2 aromatic carbocycles. The fourth-order valence-electron chi connectivity index (χ4n) is 5.25. The number of rotatable bonds is 7. The quantitative estimate of drug-likeness (QED) is 0.387. The van der Waals surface area contributed by atoms with Gasteiger partial charge < -0.3 is 10.4 Å². The summed E-state index contributed by atoms with van der Waals surface area (Å²) in [5.41, 5.74) is 0.323. The van der Waals surface area contributed by atoms with Crippen LogP contribution < -0.4 is 15.1 Å². The Morgan fingerprint density at radius 3 is 2.40 bits per heavy atom. The van der Waals surface area contributed by atoms with Crippen molar-refractivity contribution in [2.75, 3.05) is 9.80 Å². The number of amides is 3. The Morgan fingerprint density at radius 2 is 1.79 bits per heavy atom. The van der Waals surface area contributed by atoms with Crippen molar-refractivity contribution in [2.24, 2.45) is 0 Å². The van der Waals surface area contributed by atoms with Gasteiger partial charge in [0.2, 0.25) is 5.91 Å². The van der Waals surface area contributed by atoms with E-state index in [4.69, 9.17) is 11.6 Å². The van der Waals surface area contributed by atoms with Crippen molar-refractivity contribution < 1.29 is 37.1 Å². The first-order valence-corrected chi connectivity index (χ1v) is 13.4. The van der Waals surface area contributed by atoms with E-state index in [9.17, 15) is 37.1 Å². The molecule has 0 radical (unpaired) electrons. The number of carbonyl (C=O) groups excluding carboxylic acids is 3. The number of aromatic nitrogens is 1. The third-order valence-electron chi connectivity index (χ3n) is 7.22. The Morgan fingerprint density at radius 1 is 1.12 bits per heavy atom. The van der Waals surface area contributed by atoms with Crippen LogP contribution in [0.2, 0.25) is 5.02 Å². The highest BCUT2D eigenvalue weighted by Gasteiger charge is 2.50. The number of carbonyl (C=O) groups is 3. The number of pyridine rings is 1. The van der Waals surface area contributed by atoms with Gasteiger partial charge in [-0.3, -0.25) is 24.2 Å². The van der Waals surface area contributed by atoms with Gasteiger partial charge >= 0.3 is 0 Å². The summed E-state index contributed by atoms with van der Waals surface area (Å²) in [6.45, 7) is 1.72. The first kappa shape index (κ1) is 29.5. The van der Waals surface area contributed by atoms with E-state index in [0.717, 1.165) is 21.9 Å². The predicted molar refractivity (Wildman–Crippen MR) is 145 cm³/mol. The lowest BCUT2D eigenvalue weighted by Gasteiger charge is -2.39. The third kappa shape index (κ3) is 5.82. The summed E-state index contributed by atoms with van der Waals surface area (Å²) >= 11 is 6.44. The summed E-state index contributed by atoms with van der Waals surface area (Å²) in [5, 5.41) is 13.0. The number of benzene rings is 2. The zero-order chi connectivity index (χ0) is 30.3. The molecule has 0 unspecified atom stereocenters. The molecule has 3 amide bonds. The number of halogens is 5. The second kappa shape index (κ2) is 11.3. The van der Waals surface area contributed by atoms with Gasteiger partial charge in [-0.25, -0.2) is 22.5 Å². The van der Waals surface area contributed by atoms with Gasteiger partial charge in [0.25, 0.3) is 17.7 Å². The van der Waals surface area contributed by atoms with Crippen LogP contribution in [0.4, 0.5) is 29.1 Å². The molecular weight excluding hydrogens is 580 g/mol. The number of aryl methyl sites for hydroxylation is 1. The van der Waals surface area contributed by atoms with E-state index in [1.165, 1.54) is 30.5 Å². The van der Waals surface area contributed by atoms with Crippen molar-refractivity contribution in [1.82, 2.24) is 10.3 Å². The topological polar surface area (TPSA) is 103 Å². The smallest absolute Gasteiger partial charge is 0.257 e. The van der Waals surface area contributed by atoms with Crippen LogP contribution in [0.1, 0.15) is 36.4 Å². The average Bonchev–Trinajstić information content (AvgIpc) is 3.19. The molecule has 8 nitrogen and oxygen atoms in total. The van der Waals surface area contributed by atoms with Crippen LogP contribution in [0.5, 0.6) is 0 Å². The SMILES string of the molecule is Cc1ccnc(N2C(=O)[C@H](O)C[C@H]2C(=O)N(c2cc(F)cc(F)c2)[C@@H](C(=O)NC2CC(F)(F)C2)c2ccccc2Cl)c1. The summed E-state index contributed by atoms with van der Waals surface area (Å²) in [5.74, 6) is -7.85. The third-order valence-corrected chi connectivity index (χ3v) is 7.56. The minimum atomic E-state index is -2.97. The van der Waals surface area contributed by atoms with Crippen LogP contribution in [0, 0.1) is 18.6 Å². The molecule has 1 saturated carbocycles. The standard InChI is InChI=1S/C29H25ClF4N4O4/c1-15-6-7-35-24(8-15)38-22(12-23(39)28(38)42)27(41)37(19-10-16(31)9-17(32)11-19)25(20-4-2-3-5-21(20)30)26(40)36-18-13-29(33,34)14-18/h2-11,18,22-23,25,39H,12-14H2,1H3,(H,36,40)/t22-,23+,25+/m0/s1. The minimum Gasteiger partial charge on any atom is -0.383 e. The van der Waals surface area contributed by atoms with Crippen molar-refractivity contribution >= 4 is 40.8 Å². The van der Waals surface area contributed by atoms with Crippen LogP contribution in [0.25, 0.3) is 0 Å². The lowest BCUT2D eigenvalue weighted by atomic mass is 9.87. The molecule has 1 aliphatic carbocycles. The molecule has 2 aliphatic rings. The van der Waals surface area contributed by atoms with E-state index in [0.29, 0.717) is 11.6 Å². The maximum Gasteiger partial charge on any atom is 0.257 e. The first-order valence-electron chi connectivity index (χ1n) is 13.0. The van der Waals surface area contributed by atoms with Crippen molar-refractivity contribution in [3.05, 3.63) is 88.6 Å². The van der Waals surface area contributed by atoms with E-state index in [2.05, 4.69) is 10.3 Å². The Labute approximate surface area is 242 Å². The average molecular weight is 605 g/mol. The lowest BCUT2D eigenvalue weighted by Crippen LogP contribution is -2.56. The highest BCUT2D eigenvalue weighted by Crippen LogP contribution is 2.40. The van der Waals surface area contributed by atoms with Gasteiger partial charge in [-0.15, -0.1) is 0 Å². The molecule has 1 aromatic heterocycles. The maximum atomic E-state index is 14.5. The summed E-state index contributed by atoms with van der Waals surface area (Å²) in [7, 11) is 0.